The highest BCUT2D eigenvalue weighted by Gasteiger charge is 2.38. The summed E-state index contributed by atoms with van der Waals surface area (Å²) in [5.74, 6) is 0.429. The first-order chi connectivity index (χ1) is 10.0. The molecule has 2 aliphatic rings. The normalized spacial score (nSPS) is 25.6. The van der Waals surface area contributed by atoms with E-state index < -0.39 is 5.97 Å². The van der Waals surface area contributed by atoms with Gasteiger partial charge in [-0.25, -0.2) is 0 Å². The van der Waals surface area contributed by atoms with Crippen LogP contribution in [0.3, 0.4) is 0 Å². The molecule has 1 aliphatic heterocycles. The Bertz CT molecular complexity index is 380. The highest BCUT2D eigenvalue weighted by atomic mass is 32.2. The van der Waals surface area contributed by atoms with Crippen molar-refractivity contribution < 1.29 is 14.7 Å². The molecule has 1 N–H and O–H groups in total. The first kappa shape index (κ1) is 16.7. The summed E-state index contributed by atoms with van der Waals surface area (Å²) in [6, 6.07) is 0. The smallest absolute Gasteiger partial charge is 0.303 e. The summed E-state index contributed by atoms with van der Waals surface area (Å²) >= 11 is 1.95. The summed E-state index contributed by atoms with van der Waals surface area (Å²) < 4.78 is 0. The quantitative estimate of drug-likeness (QED) is 0.847. The van der Waals surface area contributed by atoms with Gasteiger partial charge in [0.2, 0.25) is 5.91 Å². The van der Waals surface area contributed by atoms with Crippen LogP contribution in [-0.2, 0) is 9.59 Å². The molecule has 1 aliphatic carbocycles. The molecule has 0 bridgehead atoms. The molecule has 1 atom stereocenters. The molecule has 21 heavy (non-hydrogen) atoms. The largest absolute Gasteiger partial charge is 0.481 e. The van der Waals surface area contributed by atoms with Gasteiger partial charge in [0.15, 0.2) is 0 Å². The minimum Gasteiger partial charge on any atom is -0.481 e. The molecule has 1 saturated carbocycles. The Hall–Kier alpha value is -0.710. The lowest BCUT2D eigenvalue weighted by Gasteiger charge is -2.39. The third-order valence-electron chi connectivity index (χ3n) is 4.91. The Morgan fingerprint density at radius 3 is 2.57 bits per heavy atom. The molecule has 2 fully saturated rings. The van der Waals surface area contributed by atoms with Crippen molar-refractivity contribution >= 4 is 23.6 Å². The van der Waals surface area contributed by atoms with Crippen LogP contribution in [0.15, 0.2) is 0 Å². The van der Waals surface area contributed by atoms with Crippen molar-refractivity contribution in [3.05, 3.63) is 0 Å². The predicted octanol–water partition coefficient (Wildman–Crippen LogP) is 3.16. The molecule has 120 valence electrons. The van der Waals surface area contributed by atoms with Crippen molar-refractivity contribution in [1.29, 1.82) is 0 Å². The average Bonchev–Trinajstić information content (AvgIpc) is 2.47. The summed E-state index contributed by atoms with van der Waals surface area (Å²) in [7, 11) is 0. The molecule has 2 rings (SSSR count). The number of hydrogen-bond acceptors (Lipinski definition) is 3. The Kier molecular flexibility index (Phi) is 5.97. The van der Waals surface area contributed by atoms with E-state index >= 15 is 0 Å². The van der Waals surface area contributed by atoms with Gasteiger partial charge < -0.3 is 10.0 Å². The second-order valence-corrected chi connectivity index (χ2v) is 7.96. The maximum atomic E-state index is 12.6. The van der Waals surface area contributed by atoms with Gasteiger partial charge in [0, 0.05) is 30.5 Å². The number of nitrogens with zero attached hydrogens (tertiary/aromatic N) is 1. The molecule has 0 aromatic heterocycles. The molecular weight excluding hydrogens is 286 g/mol. The number of carbonyl (C=O) groups is 2. The molecule has 0 spiro atoms. The fraction of sp³-hybridized carbons (Fsp3) is 0.875. The van der Waals surface area contributed by atoms with Crippen LogP contribution in [-0.4, -0.2) is 46.0 Å². The van der Waals surface area contributed by atoms with E-state index in [1.54, 1.807) is 0 Å². The van der Waals surface area contributed by atoms with Crippen LogP contribution in [0.4, 0.5) is 0 Å². The van der Waals surface area contributed by atoms with Gasteiger partial charge in [0.1, 0.15) is 0 Å². The number of carbonyl (C=O) groups excluding carboxylic acids is 1. The van der Waals surface area contributed by atoms with E-state index in [2.05, 4.69) is 6.92 Å². The minimum atomic E-state index is -0.759. The average molecular weight is 313 g/mol. The third-order valence-corrected chi connectivity index (χ3v) is 6.29. The molecule has 0 radical (unpaired) electrons. The van der Waals surface area contributed by atoms with E-state index in [4.69, 9.17) is 0 Å². The van der Waals surface area contributed by atoms with E-state index in [1.165, 1.54) is 6.42 Å². The highest BCUT2D eigenvalue weighted by molar-refractivity contribution is 8.00. The van der Waals surface area contributed by atoms with Crippen LogP contribution in [0.5, 0.6) is 0 Å². The number of carboxylic acid groups (broad SMARTS) is 1. The Labute approximate surface area is 131 Å². The zero-order valence-electron chi connectivity index (χ0n) is 13.0. The van der Waals surface area contributed by atoms with Crippen LogP contribution in [0.25, 0.3) is 0 Å². The van der Waals surface area contributed by atoms with Crippen molar-refractivity contribution in [1.82, 2.24) is 4.90 Å². The van der Waals surface area contributed by atoms with E-state index in [9.17, 15) is 14.7 Å². The van der Waals surface area contributed by atoms with Gasteiger partial charge in [-0.05, 0) is 24.7 Å². The van der Waals surface area contributed by atoms with Crippen molar-refractivity contribution in [3.63, 3.8) is 0 Å². The van der Waals surface area contributed by atoms with Gasteiger partial charge in [0.05, 0.1) is 6.42 Å². The van der Waals surface area contributed by atoms with Crippen LogP contribution < -0.4 is 0 Å². The topological polar surface area (TPSA) is 57.6 Å². The van der Waals surface area contributed by atoms with Crippen molar-refractivity contribution in [2.75, 3.05) is 18.8 Å². The molecule has 1 heterocycles. The molecule has 0 aromatic rings. The lowest BCUT2D eigenvalue weighted by atomic mass is 9.69. The summed E-state index contributed by atoms with van der Waals surface area (Å²) in [5, 5.41) is 9.75. The number of rotatable bonds is 5. The fourth-order valence-corrected chi connectivity index (χ4v) is 4.84. The number of thioether (sulfide) groups is 1. The first-order valence-electron chi connectivity index (χ1n) is 8.16. The van der Waals surface area contributed by atoms with Gasteiger partial charge in [-0.3, -0.25) is 9.59 Å². The third kappa shape index (κ3) is 4.63. The number of hydrogen-bond donors (Lipinski definition) is 1. The molecule has 1 saturated heterocycles. The Balaban J connectivity index is 1.98. The second kappa shape index (κ2) is 7.52. The Morgan fingerprint density at radius 2 is 1.95 bits per heavy atom. The highest BCUT2D eigenvalue weighted by Crippen LogP contribution is 2.43. The monoisotopic (exact) mass is 313 g/mol. The van der Waals surface area contributed by atoms with Crippen LogP contribution in [0.2, 0.25) is 0 Å². The Morgan fingerprint density at radius 1 is 1.24 bits per heavy atom. The summed E-state index contributed by atoms with van der Waals surface area (Å²) in [4.78, 5) is 25.8. The van der Waals surface area contributed by atoms with Crippen molar-refractivity contribution in [3.8, 4) is 0 Å². The van der Waals surface area contributed by atoms with Gasteiger partial charge in [0.25, 0.3) is 0 Å². The molecule has 4 nitrogen and oxygen atoms in total. The van der Waals surface area contributed by atoms with E-state index in [1.807, 2.05) is 16.7 Å². The zero-order chi connectivity index (χ0) is 15.3. The number of aliphatic carboxylic acids is 1. The van der Waals surface area contributed by atoms with Crippen molar-refractivity contribution in [2.24, 2.45) is 5.41 Å². The summed E-state index contributed by atoms with van der Waals surface area (Å²) in [5.41, 5.74) is -0.284. The van der Waals surface area contributed by atoms with Crippen LogP contribution >= 0.6 is 11.8 Å². The SMILES string of the molecule is CCC1CN(C(=O)CC2(CC(=O)O)CCCCC2)CCS1. The molecular formula is C16H27NO3S. The van der Waals surface area contributed by atoms with E-state index in [-0.39, 0.29) is 17.7 Å². The molecule has 0 aromatic carbocycles. The van der Waals surface area contributed by atoms with Gasteiger partial charge in [-0.2, -0.15) is 11.8 Å². The molecule has 1 unspecified atom stereocenters. The van der Waals surface area contributed by atoms with Gasteiger partial charge in [-0.15, -0.1) is 0 Å². The summed E-state index contributed by atoms with van der Waals surface area (Å²) in [6.45, 7) is 3.82. The zero-order valence-corrected chi connectivity index (χ0v) is 13.8. The van der Waals surface area contributed by atoms with E-state index in [0.29, 0.717) is 11.7 Å². The van der Waals surface area contributed by atoms with Crippen molar-refractivity contribution in [2.45, 2.75) is 63.5 Å². The van der Waals surface area contributed by atoms with Gasteiger partial charge in [-0.1, -0.05) is 26.2 Å². The lowest BCUT2D eigenvalue weighted by molar-refractivity contribution is -0.142. The number of carboxylic acids is 1. The predicted molar refractivity (Wildman–Crippen MR) is 85.5 cm³/mol. The molecule has 5 heteroatoms. The second-order valence-electron chi connectivity index (χ2n) is 6.55. The maximum absolute atomic E-state index is 12.6. The summed E-state index contributed by atoms with van der Waals surface area (Å²) in [6.07, 6.45) is 6.76. The standard InChI is InChI=1S/C16H27NO3S/c1-2-13-12-17(8-9-21-13)14(18)10-16(11-15(19)20)6-4-3-5-7-16/h13H,2-12H2,1H3,(H,19,20). The first-order valence-corrected chi connectivity index (χ1v) is 9.21. The van der Waals surface area contributed by atoms with Gasteiger partial charge >= 0.3 is 5.97 Å². The molecule has 1 amide bonds. The van der Waals surface area contributed by atoms with Crippen LogP contribution in [0.1, 0.15) is 58.3 Å². The lowest BCUT2D eigenvalue weighted by Crippen LogP contribution is -2.44. The van der Waals surface area contributed by atoms with E-state index in [0.717, 1.165) is 50.9 Å². The fourth-order valence-electron chi connectivity index (χ4n) is 3.66. The number of amides is 1. The van der Waals surface area contributed by atoms with Crippen LogP contribution in [0, 0.1) is 5.41 Å². The minimum absolute atomic E-state index is 0.151. The maximum Gasteiger partial charge on any atom is 0.303 e.